The molecule has 0 fully saturated rings. The molecule has 0 saturated heterocycles. The second kappa shape index (κ2) is 6.03. The van der Waals surface area contributed by atoms with Crippen LogP contribution in [0.4, 0.5) is 5.69 Å². The number of carbonyl (C=O) groups is 2. The van der Waals surface area contributed by atoms with Gasteiger partial charge in [-0.15, -0.1) is 0 Å². The molecule has 0 aliphatic heterocycles. The van der Waals surface area contributed by atoms with E-state index in [-0.39, 0.29) is 18.9 Å². The van der Waals surface area contributed by atoms with E-state index in [9.17, 15) is 9.59 Å². The molecule has 1 aromatic carbocycles. The maximum Gasteiger partial charge on any atom is 0.305 e. The van der Waals surface area contributed by atoms with Gasteiger partial charge in [-0.2, -0.15) is 0 Å². The average Bonchev–Trinajstić information content (AvgIpc) is 2.29. The summed E-state index contributed by atoms with van der Waals surface area (Å²) in [4.78, 5) is 23.4. The molecule has 0 spiro atoms. The van der Waals surface area contributed by atoms with E-state index >= 15 is 0 Å². The van der Waals surface area contributed by atoms with Gasteiger partial charge in [0.15, 0.2) is 0 Å². The largest absolute Gasteiger partial charge is 0.481 e. The van der Waals surface area contributed by atoms with Crippen LogP contribution in [0.25, 0.3) is 0 Å². The predicted octanol–water partition coefficient (Wildman–Crippen LogP) is 2.08. The number of aliphatic carboxylic acids is 1. The molecule has 0 radical (unpaired) electrons. The molecule has 0 bridgehead atoms. The van der Waals surface area contributed by atoms with Crippen molar-refractivity contribution in [3.8, 4) is 0 Å². The Morgan fingerprint density at radius 1 is 1.24 bits per heavy atom. The fourth-order valence-corrected chi connectivity index (χ4v) is 1.59. The summed E-state index contributed by atoms with van der Waals surface area (Å²) in [5.74, 6) is -1.04. The molecule has 1 rings (SSSR count). The maximum absolute atomic E-state index is 11.4. The third-order valence-electron chi connectivity index (χ3n) is 2.59. The topological polar surface area (TPSA) is 57.6 Å². The zero-order valence-corrected chi connectivity index (χ0v) is 10.1. The van der Waals surface area contributed by atoms with Crippen LogP contribution in [0.3, 0.4) is 0 Å². The van der Waals surface area contributed by atoms with Gasteiger partial charge in [0.2, 0.25) is 5.91 Å². The van der Waals surface area contributed by atoms with Gasteiger partial charge in [-0.05, 0) is 24.1 Å². The quantitative estimate of drug-likeness (QED) is 0.850. The molecule has 4 nitrogen and oxygen atoms in total. The zero-order chi connectivity index (χ0) is 12.8. The van der Waals surface area contributed by atoms with Crippen LogP contribution in [0.15, 0.2) is 24.3 Å². The smallest absolute Gasteiger partial charge is 0.305 e. The third kappa shape index (κ3) is 3.90. The molecule has 1 N–H and O–H groups in total. The van der Waals surface area contributed by atoms with Crippen molar-refractivity contribution in [2.75, 3.05) is 11.4 Å². The molecule has 0 aliphatic carbocycles. The summed E-state index contributed by atoms with van der Waals surface area (Å²) in [6.07, 6.45) is 0.893. The van der Waals surface area contributed by atoms with Gasteiger partial charge in [0, 0.05) is 19.2 Å². The van der Waals surface area contributed by atoms with Crippen LogP contribution < -0.4 is 4.90 Å². The summed E-state index contributed by atoms with van der Waals surface area (Å²) in [6.45, 7) is 3.70. The minimum Gasteiger partial charge on any atom is -0.481 e. The van der Waals surface area contributed by atoms with Crippen LogP contribution in [0.2, 0.25) is 0 Å². The van der Waals surface area contributed by atoms with E-state index in [1.54, 1.807) is 0 Å². The zero-order valence-electron chi connectivity index (χ0n) is 10.1. The highest BCUT2D eigenvalue weighted by atomic mass is 16.4. The van der Waals surface area contributed by atoms with Gasteiger partial charge < -0.3 is 10.0 Å². The second-order valence-corrected chi connectivity index (χ2v) is 3.83. The van der Waals surface area contributed by atoms with Crippen LogP contribution in [-0.2, 0) is 16.0 Å². The number of carboxylic acids is 1. The summed E-state index contributed by atoms with van der Waals surface area (Å²) < 4.78 is 0. The first-order valence-electron chi connectivity index (χ1n) is 5.63. The number of anilines is 1. The minimum atomic E-state index is -0.901. The van der Waals surface area contributed by atoms with Crippen molar-refractivity contribution in [2.45, 2.75) is 26.7 Å². The van der Waals surface area contributed by atoms with Crippen molar-refractivity contribution in [1.29, 1.82) is 0 Å². The lowest BCUT2D eigenvalue weighted by Gasteiger charge is -2.20. The van der Waals surface area contributed by atoms with E-state index in [1.807, 2.05) is 24.3 Å². The number of carbonyl (C=O) groups excluding carboxylic acids is 1. The van der Waals surface area contributed by atoms with Crippen molar-refractivity contribution in [3.63, 3.8) is 0 Å². The molecule has 92 valence electrons. The van der Waals surface area contributed by atoms with Gasteiger partial charge in [0.05, 0.1) is 6.42 Å². The van der Waals surface area contributed by atoms with Crippen LogP contribution in [0, 0.1) is 0 Å². The average molecular weight is 235 g/mol. The van der Waals surface area contributed by atoms with Gasteiger partial charge >= 0.3 is 5.97 Å². The molecule has 0 saturated carbocycles. The standard InChI is InChI=1S/C13H17NO3/c1-3-11-4-6-12(7-5-11)14(10(2)15)9-8-13(16)17/h4-7H,3,8-9H2,1-2H3,(H,16,17). The lowest BCUT2D eigenvalue weighted by molar-refractivity contribution is -0.136. The monoisotopic (exact) mass is 235 g/mol. The number of hydrogen-bond acceptors (Lipinski definition) is 2. The Morgan fingerprint density at radius 2 is 1.82 bits per heavy atom. The summed E-state index contributed by atoms with van der Waals surface area (Å²) >= 11 is 0. The Hall–Kier alpha value is -1.84. The van der Waals surface area contributed by atoms with Crippen molar-refractivity contribution in [3.05, 3.63) is 29.8 Å². The van der Waals surface area contributed by atoms with Crippen LogP contribution in [-0.4, -0.2) is 23.5 Å². The molecule has 1 aromatic rings. The molecule has 0 atom stereocenters. The van der Waals surface area contributed by atoms with E-state index in [0.717, 1.165) is 12.1 Å². The molecule has 0 heterocycles. The number of rotatable bonds is 5. The van der Waals surface area contributed by atoms with Gasteiger partial charge in [0.25, 0.3) is 0 Å². The normalized spacial score (nSPS) is 10.0. The van der Waals surface area contributed by atoms with Crippen LogP contribution >= 0.6 is 0 Å². The number of carboxylic acid groups (broad SMARTS) is 1. The van der Waals surface area contributed by atoms with E-state index in [2.05, 4.69) is 6.92 Å². The van der Waals surface area contributed by atoms with Crippen LogP contribution in [0.1, 0.15) is 25.8 Å². The first-order chi connectivity index (χ1) is 8.04. The highest BCUT2D eigenvalue weighted by molar-refractivity contribution is 5.92. The summed E-state index contributed by atoms with van der Waals surface area (Å²) in [5, 5.41) is 8.64. The first kappa shape index (κ1) is 13.2. The summed E-state index contributed by atoms with van der Waals surface area (Å²) in [7, 11) is 0. The van der Waals surface area contributed by atoms with Crippen molar-refractivity contribution >= 4 is 17.6 Å². The number of aryl methyl sites for hydroxylation is 1. The van der Waals surface area contributed by atoms with E-state index in [4.69, 9.17) is 5.11 Å². The predicted molar refractivity (Wildman–Crippen MR) is 66.1 cm³/mol. The number of amides is 1. The van der Waals surface area contributed by atoms with Crippen LogP contribution in [0.5, 0.6) is 0 Å². The fraction of sp³-hybridized carbons (Fsp3) is 0.385. The first-order valence-corrected chi connectivity index (χ1v) is 5.63. The summed E-state index contributed by atoms with van der Waals surface area (Å²) in [5.41, 5.74) is 1.94. The number of hydrogen-bond donors (Lipinski definition) is 1. The molecule has 1 amide bonds. The highest BCUT2D eigenvalue weighted by Crippen LogP contribution is 2.16. The Kier molecular flexibility index (Phi) is 4.69. The van der Waals surface area contributed by atoms with Gasteiger partial charge in [0.1, 0.15) is 0 Å². The molecule has 0 aliphatic rings. The Labute approximate surface area is 101 Å². The lowest BCUT2D eigenvalue weighted by Crippen LogP contribution is -2.30. The maximum atomic E-state index is 11.4. The molecule has 4 heteroatoms. The molecule has 0 unspecified atom stereocenters. The second-order valence-electron chi connectivity index (χ2n) is 3.83. The van der Waals surface area contributed by atoms with Gasteiger partial charge in [-0.1, -0.05) is 19.1 Å². The van der Waals surface area contributed by atoms with E-state index < -0.39 is 5.97 Å². The van der Waals surface area contributed by atoms with Crippen molar-refractivity contribution in [2.24, 2.45) is 0 Å². The molecule has 0 aromatic heterocycles. The highest BCUT2D eigenvalue weighted by Gasteiger charge is 2.12. The molecular weight excluding hydrogens is 218 g/mol. The van der Waals surface area contributed by atoms with Crippen molar-refractivity contribution in [1.82, 2.24) is 0 Å². The lowest BCUT2D eigenvalue weighted by atomic mass is 10.1. The summed E-state index contributed by atoms with van der Waals surface area (Å²) in [6, 6.07) is 7.60. The number of nitrogens with zero attached hydrogens (tertiary/aromatic N) is 1. The van der Waals surface area contributed by atoms with Crippen molar-refractivity contribution < 1.29 is 14.7 Å². The van der Waals surface area contributed by atoms with Gasteiger partial charge in [-0.3, -0.25) is 9.59 Å². The minimum absolute atomic E-state index is 0.0465. The Bertz CT molecular complexity index is 398. The van der Waals surface area contributed by atoms with E-state index in [1.165, 1.54) is 17.4 Å². The molecular formula is C13H17NO3. The van der Waals surface area contributed by atoms with Gasteiger partial charge in [-0.25, -0.2) is 0 Å². The van der Waals surface area contributed by atoms with E-state index in [0.29, 0.717) is 0 Å². The third-order valence-corrected chi connectivity index (χ3v) is 2.59. The Morgan fingerprint density at radius 3 is 2.24 bits per heavy atom. The molecule has 17 heavy (non-hydrogen) atoms. The SMILES string of the molecule is CCc1ccc(N(CCC(=O)O)C(C)=O)cc1. The Balaban J connectivity index is 2.81. The number of benzene rings is 1. The fourth-order valence-electron chi connectivity index (χ4n) is 1.59.